The second-order valence-corrected chi connectivity index (χ2v) is 10.5. The van der Waals surface area contributed by atoms with Crippen LogP contribution in [-0.2, 0) is 13.1 Å². The number of pyridine rings is 1. The van der Waals surface area contributed by atoms with E-state index in [1.54, 1.807) is 10.6 Å². The van der Waals surface area contributed by atoms with Gasteiger partial charge in [-0.2, -0.15) is 0 Å². The highest BCUT2D eigenvalue weighted by atomic mass is 16.5. The van der Waals surface area contributed by atoms with Gasteiger partial charge in [0.15, 0.2) is 0 Å². The molecule has 1 saturated heterocycles. The Morgan fingerprint density at radius 3 is 2.49 bits per heavy atom. The second kappa shape index (κ2) is 12.4. The fourth-order valence-corrected chi connectivity index (χ4v) is 4.91. The lowest BCUT2D eigenvalue weighted by molar-refractivity contribution is -0.0170. The SMILES string of the molecule is Cc1ccc(OC[C@@]2(O)CCCN(Cc3ccc(OCCCn4cc(C)ccc4=O)cc3)CC2)c(C)c1. The minimum atomic E-state index is -0.798. The third-order valence-corrected chi connectivity index (χ3v) is 7.11. The predicted molar refractivity (Wildman–Crippen MR) is 147 cm³/mol. The van der Waals surface area contributed by atoms with Crippen LogP contribution in [0.15, 0.2) is 65.6 Å². The molecule has 1 N–H and O–H groups in total. The third kappa shape index (κ3) is 7.94. The molecule has 198 valence electrons. The highest BCUT2D eigenvalue weighted by Gasteiger charge is 2.31. The van der Waals surface area contributed by atoms with Crippen LogP contribution < -0.4 is 15.0 Å². The maximum Gasteiger partial charge on any atom is 0.250 e. The van der Waals surface area contributed by atoms with E-state index in [2.05, 4.69) is 30.0 Å². The molecule has 37 heavy (non-hydrogen) atoms. The Hall–Kier alpha value is -3.09. The van der Waals surface area contributed by atoms with Crippen molar-refractivity contribution in [3.63, 3.8) is 0 Å². The molecule has 0 aliphatic carbocycles. The summed E-state index contributed by atoms with van der Waals surface area (Å²) in [6.45, 7) is 10.3. The molecule has 1 fully saturated rings. The third-order valence-electron chi connectivity index (χ3n) is 7.11. The molecule has 0 radical (unpaired) electrons. The minimum Gasteiger partial charge on any atom is -0.494 e. The van der Waals surface area contributed by atoms with Crippen LogP contribution in [0, 0.1) is 20.8 Å². The van der Waals surface area contributed by atoms with Gasteiger partial charge >= 0.3 is 0 Å². The summed E-state index contributed by atoms with van der Waals surface area (Å²) >= 11 is 0. The Bertz CT molecular complexity index is 1220. The number of ether oxygens (including phenoxy) is 2. The van der Waals surface area contributed by atoms with Crippen molar-refractivity contribution >= 4 is 0 Å². The maximum atomic E-state index is 11.9. The lowest BCUT2D eigenvalue weighted by Crippen LogP contribution is -2.37. The largest absolute Gasteiger partial charge is 0.494 e. The zero-order valence-electron chi connectivity index (χ0n) is 22.4. The molecule has 2 heterocycles. The van der Waals surface area contributed by atoms with Crippen LogP contribution in [0.2, 0.25) is 0 Å². The summed E-state index contributed by atoms with van der Waals surface area (Å²) in [4.78, 5) is 14.3. The van der Waals surface area contributed by atoms with Crippen molar-refractivity contribution in [1.82, 2.24) is 9.47 Å². The van der Waals surface area contributed by atoms with Crippen molar-refractivity contribution in [1.29, 1.82) is 0 Å². The summed E-state index contributed by atoms with van der Waals surface area (Å²) in [5, 5.41) is 11.2. The smallest absolute Gasteiger partial charge is 0.250 e. The van der Waals surface area contributed by atoms with E-state index in [9.17, 15) is 9.90 Å². The Labute approximate surface area is 220 Å². The van der Waals surface area contributed by atoms with Crippen molar-refractivity contribution in [3.05, 3.63) is 93.4 Å². The second-order valence-electron chi connectivity index (χ2n) is 10.5. The Morgan fingerprint density at radius 2 is 1.70 bits per heavy atom. The lowest BCUT2D eigenvalue weighted by Gasteiger charge is -2.27. The monoisotopic (exact) mass is 504 g/mol. The van der Waals surface area contributed by atoms with Crippen LogP contribution in [-0.4, -0.2) is 46.5 Å². The van der Waals surface area contributed by atoms with Gasteiger partial charge in [-0.25, -0.2) is 0 Å². The molecule has 0 amide bonds. The Balaban J connectivity index is 1.21. The molecule has 0 bridgehead atoms. The first kappa shape index (κ1) is 27.0. The van der Waals surface area contributed by atoms with Gasteiger partial charge in [-0.3, -0.25) is 9.69 Å². The van der Waals surface area contributed by atoms with Gasteiger partial charge in [0.05, 0.1) is 12.2 Å². The zero-order valence-corrected chi connectivity index (χ0v) is 22.4. The molecule has 2 aromatic carbocycles. The van der Waals surface area contributed by atoms with Gasteiger partial charge in [-0.1, -0.05) is 35.9 Å². The van der Waals surface area contributed by atoms with Gasteiger partial charge in [0, 0.05) is 31.9 Å². The standard InChI is InChI=1S/C31H40N2O4/c1-24-6-12-29(26(3)20-24)37-23-31(35)14-4-16-32(18-15-31)22-27-8-10-28(11-9-27)36-19-5-17-33-21-25(2)7-13-30(33)34/h6-13,20-21,35H,4-5,14-19,22-23H2,1-3H3/t31-/m1/s1. The quantitative estimate of drug-likeness (QED) is 0.392. The molecule has 0 spiro atoms. The van der Waals surface area contributed by atoms with Crippen molar-refractivity contribution in [2.24, 2.45) is 0 Å². The van der Waals surface area contributed by atoms with Crippen molar-refractivity contribution in [2.75, 3.05) is 26.3 Å². The summed E-state index contributed by atoms with van der Waals surface area (Å²) in [5.41, 5.74) is 3.85. The van der Waals surface area contributed by atoms with E-state index in [0.717, 1.165) is 61.5 Å². The molecule has 1 aromatic heterocycles. The van der Waals surface area contributed by atoms with Crippen LogP contribution in [0.25, 0.3) is 0 Å². The number of hydrogen-bond acceptors (Lipinski definition) is 5. The number of aliphatic hydroxyl groups is 1. The number of nitrogens with zero attached hydrogens (tertiary/aromatic N) is 2. The first-order valence-corrected chi connectivity index (χ1v) is 13.3. The zero-order chi connectivity index (χ0) is 26.3. The molecular formula is C31H40N2O4. The Morgan fingerprint density at radius 1 is 0.919 bits per heavy atom. The van der Waals surface area contributed by atoms with E-state index in [4.69, 9.17) is 9.47 Å². The highest BCUT2D eigenvalue weighted by Crippen LogP contribution is 2.27. The number of aryl methyl sites for hydroxylation is 4. The van der Waals surface area contributed by atoms with Crippen LogP contribution in [0.1, 0.15) is 47.9 Å². The fourth-order valence-electron chi connectivity index (χ4n) is 4.91. The molecule has 0 saturated carbocycles. The van der Waals surface area contributed by atoms with E-state index in [1.165, 1.54) is 11.1 Å². The number of aromatic nitrogens is 1. The average Bonchev–Trinajstić information content (AvgIpc) is 3.06. The summed E-state index contributed by atoms with van der Waals surface area (Å²) in [6, 6.07) is 17.9. The molecule has 6 heteroatoms. The van der Waals surface area contributed by atoms with E-state index in [0.29, 0.717) is 26.2 Å². The summed E-state index contributed by atoms with van der Waals surface area (Å²) in [7, 11) is 0. The molecule has 3 aromatic rings. The average molecular weight is 505 g/mol. The number of benzene rings is 2. The van der Waals surface area contributed by atoms with E-state index in [1.807, 2.05) is 50.4 Å². The molecular weight excluding hydrogens is 464 g/mol. The van der Waals surface area contributed by atoms with E-state index >= 15 is 0 Å². The first-order chi connectivity index (χ1) is 17.8. The van der Waals surface area contributed by atoms with Crippen molar-refractivity contribution in [2.45, 2.75) is 65.1 Å². The number of rotatable bonds is 10. The van der Waals surface area contributed by atoms with Crippen molar-refractivity contribution in [3.8, 4) is 11.5 Å². The summed E-state index contributed by atoms with van der Waals surface area (Å²) in [6.07, 6.45) is 5.05. The molecule has 1 aliphatic rings. The Kier molecular flexibility index (Phi) is 9.06. The van der Waals surface area contributed by atoms with Gasteiger partial charge < -0.3 is 19.1 Å². The first-order valence-electron chi connectivity index (χ1n) is 13.3. The summed E-state index contributed by atoms with van der Waals surface area (Å²) < 4.78 is 13.7. The van der Waals surface area contributed by atoms with E-state index < -0.39 is 5.60 Å². The molecule has 0 unspecified atom stereocenters. The molecule has 1 aliphatic heterocycles. The van der Waals surface area contributed by atoms with Crippen LogP contribution in [0.5, 0.6) is 11.5 Å². The van der Waals surface area contributed by atoms with Crippen molar-refractivity contribution < 1.29 is 14.6 Å². The van der Waals surface area contributed by atoms with Gasteiger partial charge in [-0.05, 0) is 87.9 Å². The molecule has 4 rings (SSSR count). The topological polar surface area (TPSA) is 63.9 Å². The normalized spacial score (nSPS) is 18.4. The predicted octanol–water partition coefficient (Wildman–Crippen LogP) is 5.04. The van der Waals surface area contributed by atoms with Gasteiger partial charge in [0.1, 0.15) is 18.1 Å². The fraction of sp³-hybridized carbons (Fsp3) is 0.452. The van der Waals surface area contributed by atoms with E-state index in [-0.39, 0.29) is 5.56 Å². The number of likely N-dealkylation sites (tertiary alicyclic amines) is 1. The number of hydrogen-bond donors (Lipinski definition) is 1. The lowest BCUT2D eigenvalue weighted by atomic mass is 9.96. The van der Waals surface area contributed by atoms with Gasteiger partial charge in [-0.15, -0.1) is 0 Å². The van der Waals surface area contributed by atoms with Crippen LogP contribution in [0.3, 0.4) is 0 Å². The van der Waals surface area contributed by atoms with Gasteiger partial charge in [0.25, 0.3) is 5.56 Å². The summed E-state index contributed by atoms with van der Waals surface area (Å²) in [5.74, 6) is 1.70. The maximum absolute atomic E-state index is 11.9. The van der Waals surface area contributed by atoms with Crippen LogP contribution in [0.4, 0.5) is 0 Å². The van der Waals surface area contributed by atoms with Gasteiger partial charge in [0.2, 0.25) is 0 Å². The van der Waals surface area contributed by atoms with Crippen LogP contribution >= 0.6 is 0 Å². The molecule has 1 atom stereocenters. The molecule has 6 nitrogen and oxygen atoms in total. The minimum absolute atomic E-state index is 0.0239. The highest BCUT2D eigenvalue weighted by molar-refractivity contribution is 5.35.